The van der Waals surface area contributed by atoms with Gasteiger partial charge in [-0.25, -0.2) is 9.78 Å². The van der Waals surface area contributed by atoms with Crippen LogP contribution in [0.2, 0.25) is 0 Å². The van der Waals surface area contributed by atoms with E-state index in [2.05, 4.69) is 4.98 Å². The fourth-order valence-electron chi connectivity index (χ4n) is 2.58. The molecule has 1 N–H and O–H groups in total. The number of carboxylic acid groups (broad SMARTS) is 1. The SMILES string of the molecule is Cn1c(SCC(=O)O)nc2c1c(=O)n(Cc1ccccc1)c(=O)n2C. The fourth-order valence-corrected chi connectivity index (χ4v) is 3.27. The maximum Gasteiger partial charge on any atom is 0.332 e. The molecule has 0 unspecified atom stereocenters. The van der Waals surface area contributed by atoms with Crippen molar-refractivity contribution in [2.24, 2.45) is 14.1 Å². The Balaban J connectivity index is 2.17. The Morgan fingerprint density at radius 1 is 1.16 bits per heavy atom. The van der Waals surface area contributed by atoms with Gasteiger partial charge in [-0.15, -0.1) is 0 Å². The molecule has 0 spiro atoms. The molecule has 25 heavy (non-hydrogen) atoms. The van der Waals surface area contributed by atoms with E-state index >= 15 is 0 Å². The molecule has 0 aliphatic carbocycles. The maximum atomic E-state index is 12.8. The van der Waals surface area contributed by atoms with Gasteiger partial charge in [0.05, 0.1) is 12.3 Å². The lowest BCUT2D eigenvalue weighted by molar-refractivity contribution is -0.133. The van der Waals surface area contributed by atoms with E-state index in [1.807, 2.05) is 30.3 Å². The van der Waals surface area contributed by atoms with E-state index in [0.717, 1.165) is 21.9 Å². The first-order valence-corrected chi connectivity index (χ1v) is 8.43. The minimum atomic E-state index is -0.979. The Bertz CT molecular complexity index is 1070. The minimum Gasteiger partial charge on any atom is -0.481 e. The van der Waals surface area contributed by atoms with Gasteiger partial charge in [0.1, 0.15) is 0 Å². The molecule has 3 rings (SSSR count). The number of hydrogen-bond donors (Lipinski definition) is 1. The summed E-state index contributed by atoms with van der Waals surface area (Å²) in [7, 11) is 3.18. The van der Waals surface area contributed by atoms with Crippen LogP contribution < -0.4 is 11.2 Å². The molecule has 0 atom stereocenters. The number of aliphatic carboxylic acids is 1. The predicted molar refractivity (Wildman–Crippen MR) is 94.1 cm³/mol. The van der Waals surface area contributed by atoms with Crippen molar-refractivity contribution in [3.05, 3.63) is 56.7 Å². The summed E-state index contributed by atoms with van der Waals surface area (Å²) in [6, 6.07) is 9.23. The van der Waals surface area contributed by atoms with Crippen LogP contribution in [0.15, 0.2) is 45.1 Å². The zero-order valence-electron chi connectivity index (χ0n) is 13.7. The molecule has 2 heterocycles. The van der Waals surface area contributed by atoms with Crippen molar-refractivity contribution in [1.82, 2.24) is 18.7 Å². The molecule has 0 saturated carbocycles. The highest BCUT2D eigenvalue weighted by Gasteiger charge is 2.19. The lowest BCUT2D eigenvalue weighted by Crippen LogP contribution is -2.39. The lowest BCUT2D eigenvalue weighted by Gasteiger charge is -2.08. The second-order valence-corrected chi connectivity index (χ2v) is 6.47. The second kappa shape index (κ2) is 6.60. The Morgan fingerprint density at radius 3 is 2.48 bits per heavy atom. The number of benzene rings is 1. The van der Waals surface area contributed by atoms with Gasteiger partial charge in [-0.05, 0) is 5.56 Å². The van der Waals surface area contributed by atoms with Gasteiger partial charge in [-0.2, -0.15) is 0 Å². The van der Waals surface area contributed by atoms with Crippen LogP contribution >= 0.6 is 11.8 Å². The van der Waals surface area contributed by atoms with E-state index in [9.17, 15) is 14.4 Å². The van der Waals surface area contributed by atoms with Crippen molar-refractivity contribution in [2.45, 2.75) is 11.7 Å². The van der Waals surface area contributed by atoms with Gasteiger partial charge in [0.2, 0.25) is 0 Å². The van der Waals surface area contributed by atoms with Crippen molar-refractivity contribution in [2.75, 3.05) is 5.75 Å². The maximum absolute atomic E-state index is 12.8. The number of aryl methyl sites for hydroxylation is 2. The van der Waals surface area contributed by atoms with Crippen LogP contribution in [0.25, 0.3) is 11.2 Å². The summed E-state index contributed by atoms with van der Waals surface area (Å²) in [5, 5.41) is 9.20. The average Bonchev–Trinajstić information content (AvgIpc) is 2.93. The summed E-state index contributed by atoms with van der Waals surface area (Å²) in [5.41, 5.74) is 0.442. The Morgan fingerprint density at radius 2 is 1.84 bits per heavy atom. The van der Waals surface area contributed by atoms with Crippen molar-refractivity contribution < 1.29 is 9.90 Å². The highest BCUT2D eigenvalue weighted by molar-refractivity contribution is 7.99. The van der Waals surface area contributed by atoms with Crippen molar-refractivity contribution in [3.8, 4) is 0 Å². The van der Waals surface area contributed by atoms with Crippen molar-refractivity contribution in [1.29, 1.82) is 0 Å². The molecule has 1 aromatic carbocycles. The van der Waals surface area contributed by atoms with E-state index in [1.165, 1.54) is 9.13 Å². The van der Waals surface area contributed by atoms with Crippen molar-refractivity contribution in [3.63, 3.8) is 0 Å². The van der Waals surface area contributed by atoms with Crippen molar-refractivity contribution >= 4 is 28.9 Å². The van der Waals surface area contributed by atoms with Gasteiger partial charge in [-0.3, -0.25) is 18.7 Å². The number of aromatic nitrogens is 4. The third-order valence-corrected chi connectivity index (χ3v) is 4.84. The van der Waals surface area contributed by atoms with Crippen LogP contribution in [0.4, 0.5) is 0 Å². The molecule has 130 valence electrons. The zero-order valence-corrected chi connectivity index (χ0v) is 14.5. The molecule has 0 amide bonds. The minimum absolute atomic E-state index is 0.158. The third kappa shape index (κ3) is 3.10. The first kappa shape index (κ1) is 17.0. The molecule has 2 aromatic heterocycles. The first-order valence-electron chi connectivity index (χ1n) is 7.45. The molecular formula is C16H16N4O4S. The summed E-state index contributed by atoms with van der Waals surface area (Å²) in [6.07, 6.45) is 0. The Hall–Kier alpha value is -2.81. The number of hydrogen-bond acceptors (Lipinski definition) is 5. The molecule has 3 aromatic rings. The largest absolute Gasteiger partial charge is 0.481 e. The average molecular weight is 360 g/mol. The van der Waals surface area contributed by atoms with Gasteiger partial charge in [0.25, 0.3) is 5.56 Å². The molecule has 0 fully saturated rings. The number of carboxylic acids is 1. The molecule has 0 aliphatic rings. The quantitative estimate of drug-likeness (QED) is 0.671. The van der Waals surface area contributed by atoms with Gasteiger partial charge in [0, 0.05) is 14.1 Å². The lowest BCUT2D eigenvalue weighted by atomic mass is 10.2. The summed E-state index contributed by atoms with van der Waals surface area (Å²) in [5.74, 6) is -1.16. The van der Waals surface area contributed by atoms with E-state index in [-0.39, 0.29) is 23.5 Å². The Kier molecular flexibility index (Phi) is 4.49. The van der Waals surface area contributed by atoms with Gasteiger partial charge in [-0.1, -0.05) is 42.1 Å². The zero-order chi connectivity index (χ0) is 18.1. The number of carbonyl (C=O) groups is 1. The monoisotopic (exact) mass is 360 g/mol. The van der Waals surface area contributed by atoms with E-state index in [1.54, 1.807) is 14.1 Å². The normalized spacial score (nSPS) is 11.1. The van der Waals surface area contributed by atoms with Gasteiger partial charge >= 0.3 is 11.7 Å². The third-order valence-electron chi connectivity index (χ3n) is 3.83. The molecule has 0 bridgehead atoms. The smallest absolute Gasteiger partial charge is 0.332 e. The number of rotatable bonds is 5. The number of imidazole rings is 1. The number of thioether (sulfide) groups is 1. The van der Waals surface area contributed by atoms with E-state index in [4.69, 9.17) is 5.11 Å². The predicted octanol–water partition coefficient (Wildman–Crippen LogP) is 0.659. The fraction of sp³-hybridized carbons (Fsp3) is 0.250. The van der Waals surface area contributed by atoms with Gasteiger partial charge in [0.15, 0.2) is 16.3 Å². The molecule has 0 radical (unpaired) electrons. The highest BCUT2D eigenvalue weighted by Crippen LogP contribution is 2.19. The Labute approximate surface area is 146 Å². The topological polar surface area (TPSA) is 99.1 Å². The molecule has 0 aliphatic heterocycles. The summed E-state index contributed by atoms with van der Waals surface area (Å²) < 4.78 is 4.00. The van der Waals surface area contributed by atoms with E-state index in [0.29, 0.717) is 5.16 Å². The summed E-state index contributed by atoms with van der Waals surface area (Å²) >= 11 is 1.00. The summed E-state index contributed by atoms with van der Waals surface area (Å²) in [6.45, 7) is 0.158. The molecule has 8 nitrogen and oxygen atoms in total. The first-order chi connectivity index (χ1) is 11.9. The standard InChI is InChI=1S/C16H16N4O4S/c1-18-12-13(17-15(18)25-9-11(21)22)19(2)16(24)20(14(12)23)8-10-6-4-3-5-7-10/h3-7H,8-9H2,1-2H3,(H,21,22). The van der Waals surface area contributed by atoms with E-state index < -0.39 is 17.2 Å². The number of fused-ring (bicyclic) bond motifs is 1. The van der Waals surface area contributed by atoms with Crippen LogP contribution in [0.3, 0.4) is 0 Å². The highest BCUT2D eigenvalue weighted by atomic mass is 32.2. The van der Waals surface area contributed by atoms with Crippen LogP contribution in [0.1, 0.15) is 5.56 Å². The molecular weight excluding hydrogens is 344 g/mol. The molecule has 0 saturated heterocycles. The van der Waals surface area contributed by atoms with Gasteiger partial charge < -0.3 is 9.67 Å². The van der Waals surface area contributed by atoms with Crippen LogP contribution in [0.5, 0.6) is 0 Å². The van der Waals surface area contributed by atoms with Crippen LogP contribution in [-0.4, -0.2) is 35.5 Å². The van der Waals surface area contributed by atoms with Crippen LogP contribution in [-0.2, 0) is 25.4 Å². The molecule has 9 heteroatoms. The number of nitrogens with zero attached hydrogens (tertiary/aromatic N) is 4. The second-order valence-electron chi connectivity index (χ2n) is 5.53. The summed E-state index contributed by atoms with van der Waals surface area (Å²) in [4.78, 5) is 40.4. The van der Waals surface area contributed by atoms with Crippen LogP contribution in [0, 0.1) is 0 Å².